The van der Waals surface area contributed by atoms with Crippen molar-refractivity contribution in [1.82, 2.24) is 15.5 Å². The number of rotatable bonds is 6. The fraction of sp³-hybridized carbons (Fsp3) is 0.933. The predicted molar refractivity (Wildman–Crippen MR) is 101 cm³/mol. The maximum Gasteiger partial charge on any atom is 0.401 e. The van der Waals surface area contributed by atoms with Crippen LogP contribution in [0.3, 0.4) is 0 Å². The van der Waals surface area contributed by atoms with E-state index in [0.29, 0.717) is 32.0 Å². The normalized spacial score (nSPS) is 22.6. The van der Waals surface area contributed by atoms with E-state index in [0.717, 1.165) is 37.3 Å². The molecular formula is C15H28Cl2F3N3OS. The van der Waals surface area contributed by atoms with Crippen LogP contribution in [0.2, 0.25) is 0 Å². The number of alkyl halides is 3. The average molecular weight is 426 g/mol. The molecule has 0 aromatic heterocycles. The van der Waals surface area contributed by atoms with Gasteiger partial charge >= 0.3 is 6.18 Å². The van der Waals surface area contributed by atoms with Crippen LogP contribution in [-0.2, 0) is 4.79 Å². The van der Waals surface area contributed by atoms with Crippen molar-refractivity contribution in [2.24, 2.45) is 5.92 Å². The Labute approximate surface area is 164 Å². The summed E-state index contributed by atoms with van der Waals surface area (Å²) in [6.45, 7) is 1.79. The van der Waals surface area contributed by atoms with Crippen LogP contribution >= 0.6 is 36.6 Å². The van der Waals surface area contributed by atoms with Crippen LogP contribution in [0.4, 0.5) is 13.2 Å². The van der Waals surface area contributed by atoms with Gasteiger partial charge in [0.05, 0.1) is 6.54 Å². The molecule has 0 radical (unpaired) electrons. The Kier molecular flexibility index (Phi) is 12.5. The zero-order chi connectivity index (χ0) is 16.7. The van der Waals surface area contributed by atoms with E-state index in [1.54, 1.807) is 0 Å². The number of hydrogen-bond donors (Lipinski definition) is 2. The molecule has 0 aliphatic carbocycles. The molecule has 1 atom stereocenters. The molecule has 0 aromatic carbocycles. The molecule has 4 nitrogen and oxygen atoms in total. The Morgan fingerprint density at radius 3 is 2.48 bits per heavy atom. The van der Waals surface area contributed by atoms with Crippen LogP contribution in [0.25, 0.3) is 0 Å². The van der Waals surface area contributed by atoms with E-state index in [2.05, 4.69) is 10.6 Å². The monoisotopic (exact) mass is 425 g/mol. The molecule has 0 bridgehead atoms. The summed E-state index contributed by atoms with van der Waals surface area (Å²) in [6, 6.07) is 0.263. The van der Waals surface area contributed by atoms with E-state index < -0.39 is 12.7 Å². The molecule has 0 aromatic rings. The van der Waals surface area contributed by atoms with Crippen LogP contribution in [-0.4, -0.2) is 67.3 Å². The molecule has 1 amide bonds. The minimum atomic E-state index is -4.10. The minimum Gasteiger partial charge on any atom is -0.356 e. The van der Waals surface area contributed by atoms with Crippen molar-refractivity contribution in [3.05, 3.63) is 0 Å². The number of piperidine rings is 1. The number of likely N-dealkylation sites (tertiary alicyclic amines) is 1. The lowest BCUT2D eigenvalue weighted by Crippen LogP contribution is -2.42. The van der Waals surface area contributed by atoms with Crippen molar-refractivity contribution in [2.75, 3.05) is 44.2 Å². The van der Waals surface area contributed by atoms with Gasteiger partial charge in [-0.2, -0.15) is 24.9 Å². The van der Waals surface area contributed by atoms with Crippen molar-refractivity contribution in [2.45, 2.75) is 37.9 Å². The molecule has 2 N–H and O–H groups in total. The average Bonchev–Trinajstić information content (AvgIpc) is 2.48. The zero-order valence-electron chi connectivity index (χ0n) is 14.1. The van der Waals surface area contributed by atoms with E-state index in [1.807, 2.05) is 11.8 Å². The Balaban J connectivity index is 0.00000288. The second kappa shape index (κ2) is 12.5. The highest BCUT2D eigenvalue weighted by Gasteiger charge is 2.32. The van der Waals surface area contributed by atoms with E-state index in [-0.39, 0.29) is 36.8 Å². The Morgan fingerprint density at radius 1 is 1.24 bits per heavy atom. The number of thioether (sulfide) groups is 1. The third-order valence-electron chi connectivity index (χ3n) is 4.42. The van der Waals surface area contributed by atoms with Crippen molar-refractivity contribution in [1.29, 1.82) is 0 Å². The van der Waals surface area contributed by atoms with Crippen molar-refractivity contribution >= 4 is 42.5 Å². The highest BCUT2D eigenvalue weighted by molar-refractivity contribution is 7.99. The number of carbonyl (C=O) groups is 1. The van der Waals surface area contributed by atoms with Crippen LogP contribution in [0, 0.1) is 5.92 Å². The minimum absolute atomic E-state index is 0. The van der Waals surface area contributed by atoms with Gasteiger partial charge in [-0.3, -0.25) is 9.69 Å². The van der Waals surface area contributed by atoms with Crippen LogP contribution in [0.5, 0.6) is 0 Å². The van der Waals surface area contributed by atoms with E-state index >= 15 is 0 Å². The molecule has 0 saturated carbocycles. The standard InChI is InChI=1S/C15H26F3N3OS.2ClH/c16-15(17,18)11-21-6-2-12(3-7-21)1-4-20-14(22)9-13-10-23-8-5-19-13;;/h12-13,19H,1-11H2,(H,20,22);2*1H. The maximum absolute atomic E-state index is 12.3. The van der Waals surface area contributed by atoms with Gasteiger partial charge in [-0.1, -0.05) is 0 Å². The fourth-order valence-corrected chi connectivity index (χ4v) is 4.10. The van der Waals surface area contributed by atoms with Crippen molar-refractivity contribution < 1.29 is 18.0 Å². The van der Waals surface area contributed by atoms with E-state index in [1.165, 1.54) is 4.90 Å². The topological polar surface area (TPSA) is 44.4 Å². The SMILES string of the molecule is Cl.Cl.O=C(CC1CSCCN1)NCCC1CCN(CC(F)(F)F)CC1. The molecule has 1 unspecified atom stereocenters. The van der Waals surface area contributed by atoms with Gasteiger partial charge in [0, 0.05) is 37.1 Å². The quantitative estimate of drug-likeness (QED) is 0.686. The summed E-state index contributed by atoms with van der Waals surface area (Å²) in [6.07, 6.45) is -1.17. The fourth-order valence-electron chi connectivity index (χ4n) is 3.15. The molecule has 2 saturated heterocycles. The summed E-state index contributed by atoms with van der Waals surface area (Å²) in [4.78, 5) is 13.3. The first-order valence-corrected chi connectivity index (χ1v) is 9.45. The zero-order valence-corrected chi connectivity index (χ0v) is 16.6. The van der Waals surface area contributed by atoms with Gasteiger partial charge in [-0.15, -0.1) is 24.8 Å². The molecular weight excluding hydrogens is 398 g/mol. The lowest BCUT2D eigenvalue weighted by Gasteiger charge is -2.32. The number of carbonyl (C=O) groups excluding carboxylic acids is 1. The second-order valence-corrected chi connectivity index (χ2v) is 7.55. The maximum atomic E-state index is 12.3. The molecule has 0 spiro atoms. The number of hydrogen-bond acceptors (Lipinski definition) is 4. The molecule has 150 valence electrons. The van der Waals surface area contributed by atoms with Crippen molar-refractivity contribution in [3.63, 3.8) is 0 Å². The second-order valence-electron chi connectivity index (χ2n) is 6.40. The van der Waals surface area contributed by atoms with Gasteiger partial charge in [-0.25, -0.2) is 0 Å². The Bertz CT molecular complexity index is 378. The number of halogens is 5. The van der Waals surface area contributed by atoms with Crippen LogP contribution < -0.4 is 10.6 Å². The smallest absolute Gasteiger partial charge is 0.356 e. The predicted octanol–water partition coefficient (Wildman–Crippen LogP) is 2.71. The third kappa shape index (κ3) is 10.8. The molecule has 2 aliphatic rings. The summed E-state index contributed by atoms with van der Waals surface area (Å²) in [5, 5.41) is 6.28. The molecule has 2 aliphatic heterocycles. The van der Waals surface area contributed by atoms with Gasteiger partial charge < -0.3 is 10.6 Å². The van der Waals surface area contributed by atoms with Gasteiger partial charge in [-0.05, 0) is 38.3 Å². The largest absolute Gasteiger partial charge is 0.401 e. The first kappa shape index (κ1) is 25.1. The highest BCUT2D eigenvalue weighted by Crippen LogP contribution is 2.24. The Hall–Kier alpha value is 0.110. The number of nitrogens with one attached hydrogen (secondary N) is 2. The molecule has 10 heteroatoms. The molecule has 2 rings (SSSR count). The first-order chi connectivity index (χ1) is 10.9. The van der Waals surface area contributed by atoms with Crippen LogP contribution in [0.15, 0.2) is 0 Å². The van der Waals surface area contributed by atoms with E-state index in [4.69, 9.17) is 0 Å². The molecule has 2 heterocycles. The van der Waals surface area contributed by atoms with Gasteiger partial charge in [0.1, 0.15) is 0 Å². The van der Waals surface area contributed by atoms with Gasteiger partial charge in [0.25, 0.3) is 0 Å². The third-order valence-corrected chi connectivity index (χ3v) is 5.55. The van der Waals surface area contributed by atoms with Crippen LogP contribution in [0.1, 0.15) is 25.7 Å². The summed E-state index contributed by atoms with van der Waals surface area (Å²) in [5.74, 6) is 2.57. The first-order valence-electron chi connectivity index (χ1n) is 8.29. The van der Waals surface area contributed by atoms with Crippen molar-refractivity contribution in [3.8, 4) is 0 Å². The highest BCUT2D eigenvalue weighted by atomic mass is 35.5. The van der Waals surface area contributed by atoms with Gasteiger partial charge in [0.15, 0.2) is 0 Å². The summed E-state index contributed by atoms with van der Waals surface area (Å²) < 4.78 is 37.0. The molecule has 2 fully saturated rings. The molecule has 25 heavy (non-hydrogen) atoms. The summed E-state index contributed by atoms with van der Waals surface area (Å²) >= 11 is 1.87. The number of nitrogens with zero attached hydrogens (tertiary/aromatic N) is 1. The van der Waals surface area contributed by atoms with Gasteiger partial charge in [0.2, 0.25) is 5.91 Å². The summed E-state index contributed by atoms with van der Waals surface area (Å²) in [7, 11) is 0. The summed E-state index contributed by atoms with van der Waals surface area (Å²) in [5.41, 5.74) is 0. The lowest BCUT2D eigenvalue weighted by atomic mass is 9.93. The lowest BCUT2D eigenvalue weighted by molar-refractivity contribution is -0.148. The van der Waals surface area contributed by atoms with E-state index in [9.17, 15) is 18.0 Å². The number of amides is 1. The Morgan fingerprint density at radius 2 is 1.92 bits per heavy atom.